The van der Waals surface area contributed by atoms with E-state index in [4.69, 9.17) is 11.5 Å². The molecule has 8 heteroatoms. The first-order valence-electron chi connectivity index (χ1n) is 6.53. The third kappa shape index (κ3) is 2.36. The molecule has 2 aliphatic rings. The topological polar surface area (TPSA) is 114 Å². The van der Waals surface area contributed by atoms with Crippen molar-refractivity contribution < 1.29 is 8.42 Å². The van der Waals surface area contributed by atoms with Crippen molar-refractivity contribution in [3.63, 3.8) is 0 Å². The van der Waals surface area contributed by atoms with Gasteiger partial charge in [-0.25, -0.2) is 17.7 Å². The number of sulfonamides is 1. The van der Waals surface area contributed by atoms with Crippen LogP contribution in [0.5, 0.6) is 0 Å². The molecule has 0 radical (unpaired) electrons. The zero-order valence-electron chi connectivity index (χ0n) is 11.6. The van der Waals surface area contributed by atoms with E-state index in [2.05, 4.69) is 10.3 Å². The molecule has 0 spiro atoms. The van der Waals surface area contributed by atoms with Gasteiger partial charge in [0.2, 0.25) is 10.0 Å². The number of rotatable bonds is 2. The number of para-hydroxylation sites is 1. The molecule has 5 N–H and O–H groups in total. The fraction of sp³-hybridized carbons (Fsp3) is 0.308. The van der Waals surface area contributed by atoms with E-state index in [1.54, 1.807) is 0 Å². The van der Waals surface area contributed by atoms with Crippen molar-refractivity contribution in [2.24, 2.45) is 16.5 Å². The third-order valence-electron chi connectivity index (χ3n) is 3.58. The molecule has 0 aliphatic carbocycles. The Morgan fingerprint density at radius 1 is 1.43 bits per heavy atom. The highest BCUT2D eigenvalue weighted by Crippen LogP contribution is 2.33. The predicted molar refractivity (Wildman–Crippen MR) is 82.9 cm³/mol. The summed E-state index contributed by atoms with van der Waals surface area (Å²) >= 11 is 0. The molecule has 0 fully saturated rings. The number of nitrogens with zero attached hydrogens (tertiary/aromatic N) is 2. The van der Waals surface area contributed by atoms with E-state index in [0.717, 1.165) is 34.8 Å². The van der Waals surface area contributed by atoms with Gasteiger partial charge in [0.15, 0.2) is 6.29 Å². The summed E-state index contributed by atoms with van der Waals surface area (Å²) < 4.78 is 24.6. The van der Waals surface area contributed by atoms with Crippen LogP contribution in [0.4, 0.5) is 5.69 Å². The van der Waals surface area contributed by atoms with Gasteiger partial charge in [0, 0.05) is 29.6 Å². The van der Waals surface area contributed by atoms with Crippen LogP contribution >= 0.6 is 0 Å². The maximum atomic E-state index is 11.8. The molecule has 2 heterocycles. The van der Waals surface area contributed by atoms with E-state index >= 15 is 0 Å². The maximum absolute atomic E-state index is 11.8. The molecule has 21 heavy (non-hydrogen) atoms. The normalized spacial score (nSPS) is 21.4. The minimum absolute atomic E-state index is 0.240. The van der Waals surface area contributed by atoms with E-state index in [0.29, 0.717) is 5.57 Å². The number of nitrogens with two attached hydrogens (primary N) is 2. The first kappa shape index (κ1) is 13.9. The second kappa shape index (κ2) is 4.74. The fourth-order valence-corrected chi connectivity index (χ4v) is 3.34. The predicted octanol–water partition coefficient (Wildman–Crippen LogP) is -0.130. The molecule has 0 saturated heterocycles. The van der Waals surface area contributed by atoms with Crippen molar-refractivity contribution in [3.05, 3.63) is 35.5 Å². The monoisotopic (exact) mass is 307 g/mol. The van der Waals surface area contributed by atoms with Crippen LogP contribution < -0.4 is 16.8 Å². The van der Waals surface area contributed by atoms with Crippen LogP contribution in [-0.4, -0.2) is 37.6 Å². The number of aliphatic imine (C=N–C) groups is 1. The first-order chi connectivity index (χ1) is 9.88. The van der Waals surface area contributed by atoms with Gasteiger partial charge in [-0.05, 0) is 12.0 Å². The summed E-state index contributed by atoms with van der Waals surface area (Å²) in [6, 6.07) is 5.85. The van der Waals surface area contributed by atoms with Crippen molar-refractivity contribution in [2.45, 2.75) is 12.7 Å². The SMILES string of the molecule is CS(=O)(=O)N1C=C(c2cccc3c2NCC3)C(N)=NC1N. The largest absolute Gasteiger partial charge is 0.384 e. The Bertz CT molecular complexity index is 754. The average Bonchev–Trinajstić information content (AvgIpc) is 2.85. The summed E-state index contributed by atoms with van der Waals surface area (Å²) in [6.45, 7) is 0.853. The van der Waals surface area contributed by atoms with Crippen LogP contribution in [0.1, 0.15) is 11.1 Å². The van der Waals surface area contributed by atoms with Gasteiger partial charge in [0.05, 0.1) is 6.26 Å². The van der Waals surface area contributed by atoms with Crippen molar-refractivity contribution in [1.29, 1.82) is 0 Å². The average molecular weight is 307 g/mol. The Hall–Kier alpha value is -2.06. The Morgan fingerprint density at radius 2 is 2.19 bits per heavy atom. The smallest absolute Gasteiger partial charge is 0.234 e. The molecule has 0 aromatic heterocycles. The van der Waals surface area contributed by atoms with Crippen LogP contribution in [0.3, 0.4) is 0 Å². The van der Waals surface area contributed by atoms with Crippen LogP contribution in [0.2, 0.25) is 0 Å². The molecule has 0 saturated carbocycles. The third-order valence-corrected chi connectivity index (χ3v) is 4.67. The van der Waals surface area contributed by atoms with Crippen molar-refractivity contribution in [1.82, 2.24) is 4.31 Å². The molecule has 1 aromatic carbocycles. The molecule has 2 aliphatic heterocycles. The van der Waals surface area contributed by atoms with E-state index in [9.17, 15) is 8.42 Å². The number of nitrogens with one attached hydrogen (secondary N) is 1. The molecular formula is C13H17N5O2S. The van der Waals surface area contributed by atoms with Gasteiger partial charge in [-0.3, -0.25) is 5.73 Å². The molecular weight excluding hydrogens is 290 g/mol. The maximum Gasteiger partial charge on any atom is 0.234 e. The summed E-state index contributed by atoms with van der Waals surface area (Å²) in [5.41, 5.74) is 15.2. The molecule has 1 unspecified atom stereocenters. The number of fused-ring (bicyclic) bond motifs is 1. The molecule has 0 amide bonds. The summed E-state index contributed by atoms with van der Waals surface area (Å²) in [5, 5.41) is 3.30. The minimum atomic E-state index is -3.50. The zero-order valence-corrected chi connectivity index (χ0v) is 12.4. The second-order valence-corrected chi connectivity index (χ2v) is 6.97. The highest BCUT2D eigenvalue weighted by atomic mass is 32.2. The van der Waals surface area contributed by atoms with E-state index in [1.807, 2.05) is 18.2 Å². The van der Waals surface area contributed by atoms with E-state index < -0.39 is 16.3 Å². The van der Waals surface area contributed by atoms with Gasteiger partial charge in [-0.1, -0.05) is 18.2 Å². The standard InChI is InChI=1S/C13H17N5O2S/c1-21(19,20)18-7-10(12(14)17-13(18)15)9-4-2-3-8-5-6-16-11(8)9/h2-4,7,13,16H,5-6,15H2,1H3,(H2,14,17). The number of anilines is 1. The van der Waals surface area contributed by atoms with Crippen molar-refractivity contribution in [2.75, 3.05) is 18.1 Å². The summed E-state index contributed by atoms with van der Waals surface area (Å²) in [4.78, 5) is 4.04. The van der Waals surface area contributed by atoms with Gasteiger partial charge < -0.3 is 11.1 Å². The lowest BCUT2D eigenvalue weighted by Gasteiger charge is -2.28. The molecule has 112 valence electrons. The lowest BCUT2D eigenvalue weighted by Crippen LogP contribution is -2.44. The minimum Gasteiger partial charge on any atom is -0.384 e. The number of benzene rings is 1. The highest BCUT2D eigenvalue weighted by Gasteiger charge is 2.28. The van der Waals surface area contributed by atoms with E-state index in [-0.39, 0.29) is 5.84 Å². The van der Waals surface area contributed by atoms with Gasteiger partial charge in [-0.2, -0.15) is 0 Å². The first-order valence-corrected chi connectivity index (χ1v) is 8.38. The van der Waals surface area contributed by atoms with Crippen LogP contribution in [0, 0.1) is 0 Å². The molecule has 1 atom stereocenters. The Morgan fingerprint density at radius 3 is 2.90 bits per heavy atom. The molecule has 7 nitrogen and oxygen atoms in total. The fourth-order valence-electron chi connectivity index (χ4n) is 2.60. The second-order valence-electron chi connectivity index (χ2n) is 5.08. The van der Waals surface area contributed by atoms with Gasteiger partial charge in [0.25, 0.3) is 0 Å². The van der Waals surface area contributed by atoms with Gasteiger partial charge in [0.1, 0.15) is 5.84 Å². The summed E-state index contributed by atoms with van der Waals surface area (Å²) in [7, 11) is -3.50. The Kier molecular flexibility index (Phi) is 3.14. The number of hydrogen-bond acceptors (Lipinski definition) is 6. The summed E-state index contributed by atoms with van der Waals surface area (Å²) in [5.74, 6) is 0.240. The highest BCUT2D eigenvalue weighted by molar-refractivity contribution is 7.88. The van der Waals surface area contributed by atoms with Crippen LogP contribution in [-0.2, 0) is 16.4 Å². The van der Waals surface area contributed by atoms with Gasteiger partial charge in [-0.15, -0.1) is 0 Å². The molecule has 0 bridgehead atoms. The lowest BCUT2D eigenvalue weighted by atomic mass is 10.00. The number of amidine groups is 1. The van der Waals surface area contributed by atoms with Crippen LogP contribution in [0.25, 0.3) is 5.57 Å². The zero-order chi connectivity index (χ0) is 15.2. The Balaban J connectivity index is 2.13. The molecule has 1 aromatic rings. The van der Waals surface area contributed by atoms with Crippen molar-refractivity contribution in [3.8, 4) is 0 Å². The van der Waals surface area contributed by atoms with Gasteiger partial charge >= 0.3 is 0 Å². The Labute approximate surface area is 123 Å². The quantitative estimate of drug-likeness (QED) is 0.704. The van der Waals surface area contributed by atoms with Crippen LogP contribution in [0.15, 0.2) is 29.4 Å². The van der Waals surface area contributed by atoms with Crippen molar-refractivity contribution >= 4 is 27.1 Å². The lowest BCUT2D eigenvalue weighted by molar-refractivity contribution is 0.418. The summed E-state index contributed by atoms with van der Waals surface area (Å²) in [6.07, 6.45) is 2.46. The molecule has 3 rings (SSSR count). The van der Waals surface area contributed by atoms with E-state index in [1.165, 1.54) is 11.8 Å². The number of hydrogen-bond donors (Lipinski definition) is 3.